The third-order valence-corrected chi connectivity index (χ3v) is 15.0. The van der Waals surface area contributed by atoms with E-state index in [2.05, 4.69) is 33.0 Å². The number of esters is 3. The molecule has 58 heavy (non-hydrogen) atoms. The lowest BCUT2D eigenvalue weighted by atomic mass is 9.47. The second-order valence-corrected chi connectivity index (χ2v) is 18.1. The van der Waals surface area contributed by atoms with Crippen molar-refractivity contribution in [3.05, 3.63) is 70.9 Å². The molecule has 10 atom stereocenters. The first kappa shape index (κ1) is 39.1. The fourth-order valence-corrected chi connectivity index (χ4v) is 13.4. The molecule has 3 N–H and O–H groups in total. The summed E-state index contributed by atoms with van der Waals surface area (Å²) in [5, 5.41) is 26.0. The number of anilines is 1. The molecule has 1 aliphatic carbocycles. The van der Waals surface area contributed by atoms with Crippen LogP contribution in [0.1, 0.15) is 68.8 Å². The molecule has 0 radical (unpaired) electrons. The van der Waals surface area contributed by atoms with Gasteiger partial charge < -0.3 is 39.0 Å². The van der Waals surface area contributed by atoms with E-state index >= 15 is 4.79 Å². The molecule has 6 heterocycles. The topological polar surface area (TPSA) is 154 Å². The van der Waals surface area contributed by atoms with Gasteiger partial charge >= 0.3 is 17.9 Å². The molecule has 1 unspecified atom stereocenters. The summed E-state index contributed by atoms with van der Waals surface area (Å²) in [5.74, 6) is -1.58. The summed E-state index contributed by atoms with van der Waals surface area (Å²) in [6.07, 6.45) is 5.32. The van der Waals surface area contributed by atoms with Crippen LogP contribution < -0.4 is 9.64 Å². The predicted molar refractivity (Wildman–Crippen MR) is 216 cm³/mol. The Morgan fingerprint density at radius 1 is 0.983 bits per heavy atom. The largest absolute Gasteiger partial charge is 0.496 e. The zero-order chi connectivity index (χ0) is 41.2. The molecule has 3 fully saturated rings. The lowest BCUT2D eigenvalue weighted by Gasteiger charge is -2.63. The van der Waals surface area contributed by atoms with Crippen LogP contribution in [0.2, 0.25) is 0 Å². The molecule has 13 nitrogen and oxygen atoms in total. The van der Waals surface area contributed by atoms with Crippen molar-refractivity contribution in [2.45, 2.75) is 93.1 Å². The number of aliphatic hydroxyl groups is 2. The Balaban J connectivity index is 1.37. The number of nitrogens with one attached hydrogen (secondary N) is 1. The fourth-order valence-electron chi connectivity index (χ4n) is 13.4. The SMILES string of the molecule is CC[C@]12C=CCN3CC[C@@]4(c5cc([C@]6(C(=O)OC)C[C@H]7CN(CCc8c6[nH]c6ccccc86)C[C@@](C)(O)C7)c(OC)cc5N(C)[C@H]4[C@@](O)(C(=O)OC)[C@@H]1OC(C)=O)[C@@H]32. The standard InChI is InChI=1S/C45H56N4O9/c1-8-42-15-11-17-49-19-16-43(36(42)49)30-20-31(34(55-5)21-33(30)47(4)37(43)45(54,40(52)57-7)38(42)58-26(2)50)44(39(51)56-6)23-27-22-41(3,53)25-48(24-27)18-14-29-28-12-9-10-13-32(28)46-35(29)44/h9-13,15,20-21,27,36-38,46,53-54H,8,14,16-19,22-25H2,1-7H3/t27-,36-,37+,38+,41-,42+,43+,44+,45-/m0/s1. The highest BCUT2D eigenvalue weighted by Gasteiger charge is 2.80. The van der Waals surface area contributed by atoms with Crippen LogP contribution in [0.15, 0.2) is 48.6 Å². The molecule has 13 heteroatoms. The minimum Gasteiger partial charge on any atom is -0.496 e. The van der Waals surface area contributed by atoms with E-state index in [1.54, 1.807) is 7.11 Å². The monoisotopic (exact) mass is 796 g/mol. The van der Waals surface area contributed by atoms with E-state index < -0.39 is 57.5 Å². The lowest BCUT2D eigenvalue weighted by Crippen LogP contribution is -2.81. The van der Waals surface area contributed by atoms with Gasteiger partial charge in [-0.1, -0.05) is 37.3 Å². The van der Waals surface area contributed by atoms with Gasteiger partial charge in [-0.05, 0) is 74.8 Å². The molecule has 6 aliphatic rings. The van der Waals surface area contributed by atoms with Crippen LogP contribution in [0.25, 0.3) is 10.9 Å². The number of para-hydroxylation sites is 1. The van der Waals surface area contributed by atoms with Crippen molar-refractivity contribution in [3.63, 3.8) is 0 Å². The van der Waals surface area contributed by atoms with E-state index in [-0.39, 0.29) is 12.0 Å². The number of carbonyl (C=O) groups excluding carboxylic acids is 3. The number of benzene rings is 2. The second-order valence-electron chi connectivity index (χ2n) is 18.1. The van der Waals surface area contributed by atoms with E-state index in [0.717, 1.165) is 33.4 Å². The lowest BCUT2D eigenvalue weighted by molar-refractivity contribution is -0.228. The molecule has 5 aliphatic heterocycles. The Bertz CT molecular complexity index is 2240. The molecular formula is C45H56N4O9. The second kappa shape index (κ2) is 13.3. The van der Waals surface area contributed by atoms with Crippen LogP contribution in [0.3, 0.4) is 0 Å². The average Bonchev–Trinajstić information content (AvgIpc) is 3.86. The molecule has 9 rings (SSSR count). The van der Waals surface area contributed by atoms with Gasteiger partial charge in [-0.2, -0.15) is 0 Å². The maximum absolute atomic E-state index is 15.3. The van der Waals surface area contributed by atoms with Crippen LogP contribution in [-0.4, -0.2) is 133 Å². The van der Waals surface area contributed by atoms with Crippen LogP contribution in [-0.2, 0) is 45.8 Å². The molecule has 1 aromatic heterocycles. The number of hydrogen-bond acceptors (Lipinski definition) is 12. The van der Waals surface area contributed by atoms with Gasteiger partial charge in [0.05, 0.1) is 33.0 Å². The third-order valence-electron chi connectivity index (χ3n) is 15.0. The van der Waals surface area contributed by atoms with E-state index in [1.165, 1.54) is 21.1 Å². The highest BCUT2D eigenvalue weighted by atomic mass is 16.6. The molecule has 2 aromatic carbocycles. The number of piperidine rings is 1. The minimum atomic E-state index is -2.30. The highest BCUT2D eigenvalue weighted by molar-refractivity contribution is 5.95. The van der Waals surface area contributed by atoms with Gasteiger partial charge in [0.2, 0.25) is 5.60 Å². The van der Waals surface area contributed by atoms with Crippen molar-refractivity contribution in [2.24, 2.45) is 11.3 Å². The summed E-state index contributed by atoms with van der Waals surface area (Å²) in [4.78, 5) is 53.0. The number of aromatic amines is 1. The third kappa shape index (κ3) is 4.99. The minimum absolute atomic E-state index is 0.103. The average molecular weight is 797 g/mol. The number of rotatable bonds is 6. The number of carbonyl (C=O) groups is 3. The quantitative estimate of drug-likeness (QED) is 0.190. The fraction of sp³-hybridized carbons (Fsp3) is 0.578. The summed E-state index contributed by atoms with van der Waals surface area (Å²) in [5.41, 5.74) is -1.68. The molecule has 3 aromatic rings. The summed E-state index contributed by atoms with van der Waals surface area (Å²) in [7, 11) is 6.14. The Kier molecular flexibility index (Phi) is 8.95. The first-order valence-corrected chi connectivity index (χ1v) is 20.7. The molecular weight excluding hydrogens is 741 g/mol. The van der Waals surface area contributed by atoms with E-state index in [9.17, 15) is 19.8 Å². The zero-order valence-electron chi connectivity index (χ0n) is 34.6. The van der Waals surface area contributed by atoms with Gasteiger partial charge in [0.15, 0.2) is 6.10 Å². The maximum Gasteiger partial charge on any atom is 0.344 e. The number of methoxy groups -OCH3 is 3. The molecule has 0 amide bonds. The normalized spacial score (nSPS) is 37.4. The number of ether oxygens (including phenoxy) is 4. The molecule has 2 saturated heterocycles. The number of fused-ring (bicyclic) bond motifs is 6. The van der Waals surface area contributed by atoms with Gasteiger partial charge in [-0.3, -0.25) is 19.4 Å². The number of aromatic nitrogens is 1. The molecule has 2 bridgehead atoms. The molecule has 310 valence electrons. The van der Waals surface area contributed by atoms with Crippen LogP contribution in [0.4, 0.5) is 5.69 Å². The van der Waals surface area contributed by atoms with Crippen molar-refractivity contribution in [3.8, 4) is 5.75 Å². The summed E-state index contributed by atoms with van der Waals surface area (Å²) in [6, 6.07) is 10.9. The maximum atomic E-state index is 15.3. The van der Waals surface area contributed by atoms with Crippen molar-refractivity contribution in [2.75, 3.05) is 66.0 Å². The number of H-pyrrole nitrogens is 1. The van der Waals surface area contributed by atoms with E-state index in [4.69, 9.17) is 18.9 Å². The van der Waals surface area contributed by atoms with Crippen molar-refractivity contribution in [1.82, 2.24) is 14.8 Å². The smallest absolute Gasteiger partial charge is 0.344 e. The Labute approximate surface area is 339 Å². The Morgan fingerprint density at radius 3 is 2.45 bits per heavy atom. The van der Waals surface area contributed by atoms with Crippen LogP contribution in [0.5, 0.6) is 5.75 Å². The first-order valence-electron chi connectivity index (χ1n) is 20.7. The zero-order valence-corrected chi connectivity index (χ0v) is 34.6. The van der Waals surface area contributed by atoms with Gasteiger partial charge in [0.1, 0.15) is 11.2 Å². The van der Waals surface area contributed by atoms with E-state index in [1.807, 2.05) is 56.1 Å². The van der Waals surface area contributed by atoms with Crippen LogP contribution in [0, 0.1) is 11.3 Å². The van der Waals surface area contributed by atoms with Crippen molar-refractivity contribution >= 4 is 34.5 Å². The Morgan fingerprint density at radius 2 is 1.74 bits per heavy atom. The van der Waals surface area contributed by atoms with Gasteiger partial charge in [-0.15, -0.1) is 0 Å². The van der Waals surface area contributed by atoms with Gasteiger partial charge in [0, 0.05) is 90.9 Å². The summed E-state index contributed by atoms with van der Waals surface area (Å²) >= 11 is 0. The van der Waals surface area contributed by atoms with E-state index in [0.29, 0.717) is 76.1 Å². The van der Waals surface area contributed by atoms with Gasteiger partial charge in [0.25, 0.3) is 0 Å². The van der Waals surface area contributed by atoms with Crippen LogP contribution >= 0.6 is 0 Å². The first-order chi connectivity index (χ1) is 27.7. The highest BCUT2D eigenvalue weighted by Crippen LogP contribution is 2.68. The van der Waals surface area contributed by atoms with Gasteiger partial charge in [-0.25, -0.2) is 4.79 Å². The molecule has 1 saturated carbocycles. The molecule has 1 spiro atoms. The predicted octanol–water partition coefficient (Wildman–Crippen LogP) is 3.60. The number of nitrogens with zero attached hydrogens (tertiary/aromatic N) is 3. The summed E-state index contributed by atoms with van der Waals surface area (Å²) in [6.45, 7) is 8.44. The van der Waals surface area contributed by atoms with Crippen molar-refractivity contribution in [1.29, 1.82) is 0 Å². The van der Waals surface area contributed by atoms with Crippen molar-refractivity contribution < 1.29 is 43.5 Å². The summed E-state index contributed by atoms with van der Waals surface area (Å²) < 4.78 is 23.9. The Hall–Kier alpha value is -4.43. The number of likely N-dealkylation sites (N-methyl/N-ethyl adjacent to an activating group) is 1. The number of hydrogen-bond donors (Lipinski definition) is 3.